The molecule has 2 aliphatic rings. The maximum atomic E-state index is 6.34. The van der Waals surface area contributed by atoms with Gasteiger partial charge in [0.25, 0.3) is 0 Å². The van der Waals surface area contributed by atoms with Gasteiger partial charge in [0.2, 0.25) is 0 Å². The Hall–Kier alpha value is -1.58. The molecule has 23 heavy (non-hydrogen) atoms. The highest BCUT2D eigenvalue weighted by Crippen LogP contribution is 2.45. The minimum absolute atomic E-state index is 0.144. The number of aryl methyl sites for hydroxylation is 1. The van der Waals surface area contributed by atoms with Gasteiger partial charge < -0.3 is 15.5 Å². The average Bonchev–Trinajstić information content (AvgIpc) is 2.99. The van der Waals surface area contributed by atoms with Crippen molar-refractivity contribution in [3.05, 3.63) is 58.5 Å². The maximum Gasteiger partial charge on any atom is 0.109 e. The minimum Gasteiger partial charge on any atom is -0.466 e. The molecule has 0 fully saturated rings. The van der Waals surface area contributed by atoms with E-state index in [-0.39, 0.29) is 11.5 Å². The number of nitrogens with two attached hydrogens (primary N) is 1. The van der Waals surface area contributed by atoms with E-state index in [9.17, 15) is 0 Å². The SMILES string of the molecule is Cc1cc2c(o1)CC(C)(C)CC2NC1CC(N)c2ccccc21. The smallest absolute Gasteiger partial charge is 0.109 e. The molecule has 0 amide bonds. The normalized spacial score (nSPS) is 28.4. The molecule has 2 aliphatic carbocycles. The van der Waals surface area contributed by atoms with Gasteiger partial charge in [0.05, 0.1) is 0 Å². The summed E-state index contributed by atoms with van der Waals surface area (Å²) in [7, 11) is 0. The lowest BCUT2D eigenvalue weighted by molar-refractivity contribution is 0.223. The number of rotatable bonds is 2. The van der Waals surface area contributed by atoms with E-state index in [2.05, 4.69) is 49.5 Å². The molecule has 3 N–H and O–H groups in total. The molecule has 0 saturated heterocycles. The van der Waals surface area contributed by atoms with Crippen LogP contribution in [0.25, 0.3) is 0 Å². The Balaban J connectivity index is 1.65. The molecule has 0 radical (unpaired) electrons. The van der Waals surface area contributed by atoms with E-state index in [1.807, 2.05) is 6.92 Å². The van der Waals surface area contributed by atoms with Crippen molar-refractivity contribution in [3.63, 3.8) is 0 Å². The van der Waals surface area contributed by atoms with E-state index < -0.39 is 0 Å². The van der Waals surface area contributed by atoms with Gasteiger partial charge in [0.1, 0.15) is 11.5 Å². The summed E-state index contributed by atoms with van der Waals surface area (Å²) in [5, 5.41) is 3.89. The van der Waals surface area contributed by atoms with Crippen molar-refractivity contribution in [2.45, 2.75) is 58.2 Å². The highest BCUT2D eigenvalue weighted by Gasteiger charge is 2.37. The quantitative estimate of drug-likeness (QED) is 0.867. The molecule has 122 valence electrons. The van der Waals surface area contributed by atoms with Crippen LogP contribution in [0.2, 0.25) is 0 Å². The maximum absolute atomic E-state index is 6.34. The van der Waals surface area contributed by atoms with Crippen LogP contribution in [-0.4, -0.2) is 0 Å². The van der Waals surface area contributed by atoms with Crippen molar-refractivity contribution < 1.29 is 4.42 Å². The van der Waals surface area contributed by atoms with Crippen molar-refractivity contribution in [1.82, 2.24) is 5.32 Å². The Bertz CT molecular complexity index is 731. The fourth-order valence-corrected chi connectivity index (χ4v) is 4.41. The summed E-state index contributed by atoms with van der Waals surface area (Å²) in [6, 6.07) is 11.6. The van der Waals surface area contributed by atoms with Crippen molar-refractivity contribution in [1.29, 1.82) is 0 Å². The zero-order valence-corrected chi connectivity index (χ0v) is 14.2. The molecule has 0 spiro atoms. The molecule has 1 heterocycles. The number of fused-ring (bicyclic) bond motifs is 2. The molecular weight excluding hydrogens is 284 g/mol. The van der Waals surface area contributed by atoms with E-state index in [0.29, 0.717) is 12.1 Å². The lowest BCUT2D eigenvalue weighted by atomic mass is 9.74. The molecule has 0 saturated carbocycles. The van der Waals surface area contributed by atoms with Crippen molar-refractivity contribution in [2.24, 2.45) is 11.1 Å². The summed E-state index contributed by atoms with van der Waals surface area (Å²) in [6.07, 6.45) is 3.13. The van der Waals surface area contributed by atoms with Gasteiger partial charge in [-0.15, -0.1) is 0 Å². The van der Waals surface area contributed by atoms with E-state index in [4.69, 9.17) is 10.2 Å². The van der Waals surface area contributed by atoms with Gasteiger partial charge in [0.15, 0.2) is 0 Å². The van der Waals surface area contributed by atoms with Crippen LogP contribution < -0.4 is 11.1 Å². The summed E-state index contributed by atoms with van der Waals surface area (Å²) in [5.74, 6) is 2.18. The van der Waals surface area contributed by atoms with Crippen LogP contribution in [0.1, 0.15) is 73.0 Å². The van der Waals surface area contributed by atoms with Gasteiger partial charge in [0, 0.05) is 30.1 Å². The van der Waals surface area contributed by atoms with Crippen molar-refractivity contribution >= 4 is 0 Å². The topological polar surface area (TPSA) is 51.2 Å². The zero-order chi connectivity index (χ0) is 16.2. The van der Waals surface area contributed by atoms with E-state index in [1.165, 1.54) is 16.7 Å². The van der Waals surface area contributed by atoms with Crippen LogP contribution in [0, 0.1) is 12.3 Å². The molecule has 0 bridgehead atoms. The zero-order valence-electron chi connectivity index (χ0n) is 14.2. The predicted octanol–water partition coefficient (Wildman–Crippen LogP) is 4.34. The van der Waals surface area contributed by atoms with Gasteiger partial charge in [-0.25, -0.2) is 0 Å². The van der Waals surface area contributed by atoms with Crippen LogP contribution in [0.3, 0.4) is 0 Å². The second kappa shape index (κ2) is 5.22. The number of hydrogen-bond donors (Lipinski definition) is 2. The minimum atomic E-state index is 0.144. The monoisotopic (exact) mass is 310 g/mol. The molecule has 3 heteroatoms. The summed E-state index contributed by atoms with van der Waals surface area (Å²) < 4.78 is 5.96. The lowest BCUT2D eigenvalue weighted by Crippen LogP contribution is -2.34. The van der Waals surface area contributed by atoms with Gasteiger partial charge in [-0.2, -0.15) is 0 Å². The molecule has 2 aromatic rings. The first kappa shape index (κ1) is 15.0. The van der Waals surface area contributed by atoms with Gasteiger partial charge in [-0.1, -0.05) is 38.1 Å². The third kappa shape index (κ3) is 2.62. The standard InChI is InChI=1S/C20H26N2O/c1-12-8-15-18(10-20(2,3)11-19(15)23-12)22-17-9-16(21)13-6-4-5-7-14(13)17/h4-8,16-18,22H,9-11,21H2,1-3H3. The second-order valence-electron chi connectivity index (χ2n) is 8.02. The Morgan fingerprint density at radius 1 is 1.13 bits per heavy atom. The molecular formula is C20H26N2O. The molecule has 3 atom stereocenters. The van der Waals surface area contributed by atoms with E-state index >= 15 is 0 Å². The van der Waals surface area contributed by atoms with Gasteiger partial charge in [-0.3, -0.25) is 0 Å². The fourth-order valence-electron chi connectivity index (χ4n) is 4.41. The average molecular weight is 310 g/mol. The Labute approximate surface area is 138 Å². The van der Waals surface area contributed by atoms with Crippen LogP contribution in [0.15, 0.2) is 34.7 Å². The highest BCUT2D eigenvalue weighted by molar-refractivity contribution is 5.38. The molecule has 1 aromatic carbocycles. The third-order valence-electron chi connectivity index (χ3n) is 5.40. The number of benzene rings is 1. The van der Waals surface area contributed by atoms with E-state index in [1.54, 1.807) is 0 Å². The Morgan fingerprint density at radius 3 is 2.65 bits per heavy atom. The number of hydrogen-bond acceptors (Lipinski definition) is 3. The predicted molar refractivity (Wildman–Crippen MR) is 92.2 cm³/mol. The van der Waals surface area contributed by atoms with Gasteiger partial charge in [-0.05, 0) is 42.4 Å². The summed E-state index contributed by atoms with van der Waals surface area (Å²) in [4.78, 5) is 0. The summed E-state index contributed by atoms with van der Waals surface area (Å²) >= 11 is 0. The first-order valence-corrected chi connectivity index (χ1v) is 8.63. The first-order chi connectivity index (χ1) is 10.9. The fraction of sp³-hybridized carbons (Fsp3) is 0.500. The lowest BCUT2D eigenvalue weighted by Gasteiger charge is -2.36. The number of nitrogens with one attached hydrogen (secondary N) is 1. The molecule has 4 rings (SSSR count). The first-order valence-electron chi connectivity index (χ1n) is 8.63. The van der Waals surface area contributed by atoms with Gasteiger partial charge >= 0.3 is 0 Å². The van der Waals surface area contributed by atoms with Crippen LogP contribution in [0.4, 0.5) is 0 Å². The van der Waals surface area contributed by atoms with Crippen molar-refractivity contribution in [3.8, 4) is 0 Å². The second-order valence-corrected chi connectivity index (χ2v) is 8.02. The Morgan fingerprint density at radius 2 is 1.87 bits per heavy atom. The summed E-state index contributed by atoms with van der Waals surface area (Å²) in [6.45, 7) is 6.71. The third-order valence-corrected chi connectivity index (χ3v) is 5.40. The van der Waals surface area contributed by atoms with E-state index in [0.717, 1.165) is 30.8 Å². The molecule has 3 nitrogen and oxygen atoms in total. The molecule has 1 aromatic heterocycles. The largest absolute Gasteiger partial charge is 0.466 e. The molecule has 0 aliphatic heterocycles. The van der Waals surface area contributed by atoms with Crippen LogP contribution >= 0.6 is 0 Å². The summed E-state index contributed by atoms with van der Waals surface area (Å²) in [5.41, 5.74) is 10.6. The Kier molecular flexibility index (Phi) is 3.40. The highest BCUT2D eigenvalue weighted by atomic mass is 16.3. The van der Waals surface area contributed by atoms with Crippen molar-refractivity contribution in [2.75, 3.05) is 0 Å². The number of furan rings is 1. The molecule has 3 unspecified atom stereocenters. The van der Waals surface area contributed by atoms with Crippen LogP contribution in [-0.2, 0) is 6.42 Å². The van der Waals surface area contributed by atoms with Crippen LogP contribution in [0.5, 0.6) is 0 Å².